The number of hydrogen-bond acceptors (Lipinski definition) is 3. The van der Waals surface area contributed by atoms with Crippen LogP contribution in [0.2, 0.25) is 5.02 Å². The zero-order chi connectivity index (χ0) is 24.3. The van der Waals surface area contributed by atoms with Gasteiger partial charge in [0.2, 0.25) is 0 Å². The van der Waals surface area contributed by atoms with Gasteiger partial charge in [0.1, 0.15) is 12.3 Å². The van der Waals surface area contributed by atoms with Gasteiger partial charge < -0.3 is 14.0 Å². The van der Waals surface area contributed by atoms with Crippen molar-refractivity contribution in [2.75, 3.05) is 33.3 Å². The molecule has 2 aromatic carbocycles. The molecule has 188 valence electrons. The monoisotopic (exact) mass is 496 g/mol. The first-order chi connectivity index (χ1) is 17.0. The van der Waals surface area contributed by atoms with Gasteiger partial charge in [-0.3, -0.25) is 4.79 Å². The van der Waals surface area contributed by atoms with Gasteiger partial charge in [0.25, 0.3) is 0 Å². The smallest absolute Gasteiger partial charge is 0.317 e. The normalized spacial score (nSPS) is 27.7. The number of carbonyl (C=O) groups excluding carboxylic acids is 1. The summed E-state index contributed by atoms with van der Waals surface area (Å²) in [6, 6.07) is 16.5. The summed E-state index contributed by atoms with van der Waals surface area (Å²) in [6.07, 6.45) is 9.75. The van der Waals surface area contributed by atoms with Crippen LogP contribution in [0.1, 0.15) is 62.5 Å². The molecule has 0 amide bonds. The van der Waals surface area contributed by atoms with Crippen molar-refractivity contribution in [3.8, 4) is 5.75 Å². The van der Waals surface area contributed by atoms with Crippen molar-refractivity contribution in [2.45, 2.75) is 69.3 Å². The minimum Gasteiger partial charge on any atom is -0.495 e. The minimum atomic E-state index is -0.478. The Balaban J connectivity index is 1.29. The summed E-state index contributed by atoms with van der Waals surface area (Å²) < 4.78 is 12.9. The number of carbonyl (C=O) groups is 1. The van der Waals surface area contributed by atoms with E-state index in [0.717, 1.165) is 73.8 Å². The Kier molecular flexibility index (Phi) is 7.41. The van der Waals surface area contributed by atoms with E-state index in [1.54, 1.807) is 7.11 Å². The summed E-state index contributed by atoms with van der Waals surface area (Å²) in [5.74, 6) is 1.26. The molecule has 1 saturated carbocycles. The molecule has 3 aliphatic heterocycles. The summed E-state index contributed by atoms with van der Waals surface area (Å²) in [5, 5.41) is 0.670. The van der Waals surface area contributed by atoms with Crippen LogP contribution >= 0.6 is 11.6 Å². The number of nitrogens with zero attached hydrogens (tertiary/aromatic N) is 1. The van der Waals surface area contributed by atoms with E-state index < -0.39 is 5.41 Å². The summed E-state index contributed by atoms with van der Waals surface area (Å²) in [4.78, 5) is 13.9. The number of piperidine rings is 3. The third-order valence-corrected chi connectivity index (χ3v) is 9.36. The van der Waals surface area contributed by atoms with Crippen LogP contribution in [-0.2, 0) is 21.4 Å². The van der Waals surface area contributed by atoms with E-state index in [-0.39, 0.29) is 12.1 Å². The quantitative estimate of drug-likeness (QED) is 0.255. The molecule has 1 atom stereocenters. The number of esters is 1. The summed E-state index contributed by atoms with van der Waals surface area (Å²) in [7, 11) is 1.65. The molecule has 0 aromatic heterocycles. The van der Waals surface area contributed by atoms with Crippen molar-refractivity contribution in [1.29, 1.82) is 0 Å². The second-order valence-corrected chi connectivity index (χ2v) is 11.5. The van der Waals surface area contributed by atoms with Gasteiger partial charge in [-0.2, -0.15) is 0 Å². The molecule has 2 aromatic rings. The standard InChI is InChI=1S/C30H39ClNO3/c1-34-27-12-11-23(21-26(27)31)13-18-32-19-14-24(15-20-32)28(22-32)35-29(33)30(16-7-2-3-8-17-30)25-9-5-4-6-10-25/h4-6,9-12,21,24,28H,2-3,7-8,13-20,22H2,1H3/q+1/t24?,28-,32?/m0/s1. The van der Waals surface area contributed by atoms with Crippen LogP contribution in [0.15, 0.2) is 48.5 Å². The van der Waals surface area contributed by atoms with Crippen LogP contribution in [0.4, 0.5) is 0 Å². The lowest BCUT2D eigenvalue weighted by Gasteiger charge is -2.52. The predicted octanol–water partition coefficient (Wildman–Crippen LogP) is 6.34. The van der Waals surface area contributed by atoms with Gasteiger partial charge in [0.15, 0.2) is 6.10 Å². The van der Waals surface area contributed by atoms with Gasteiger partial charge in [-0.15, -0.1) is 0 Å². The summed E-state index contributed by atoms with van der Waals surface area (Å²) >= 11 is 6.37. The van der Waals surface area contributed by atoms with Gasteiger partial charge >= 0.3 is 5.97 Å². The van der Waals surface area contributed by atoms with E-state index in [1.165, 1.54) is 31.5 Å². The molecule has 3 saturated heterocycles. The number of hydrogen-bond donors (Lipinski definition) is 0. The topological polar surface area (TPSA) is 35.5 Å². The third kappa shape index (κ3) is 5.11. The van der Waals surface area contributed by atoms with Crippen molar-refractivity contribution in [1.82, 2.24) is 0 Å². The lowest BCUT2D eigenvalue weighted by molar-refractivity contribution is -0.946. The first kappa shape index (κ1) is 24.6. The highest BCUT2D eigenvalue weighted by Gasteiger charge is 2.50. The molecule has 5 heteroatoms. The molecule has 1 aliphatic carbocycles. The second-order valence-electron chi connectivity index (χ2n) is 11.1. The van der Waals surface area contributed by atoms with Crippen LogP contribution in [0.3, 0.4) is 0 Å². The molecule has 4 aliphatic rings. The summed E-state index contributed by atoms with van der Waals surface area (Å²) in [5.41, 5.74) is 1.91. The zero-order valence-electron chi connectivity index (χ0n) is 21.0. The Morgan fingerprint density at radius 2 is 1.74 bits per heavy atom. The number of rotatable bonds is 7. The Bertz CT molecular complexity index is 1010. The van der Waals surface area contributed by atoms with Gasteiger partial charge in [-0.05, 0) is 36.1 Å². The molecule has 6 rings (SSSR count). The molecule has 2 bridgehead atoms. The van der Waals surface area contributed by atoms with Crippen LogP contribution in [-0.4, -0.2) is 49.8 Å². The molecule has 4 fully saturated rings. The highest BCUT2D eigenvalue weighted by Crippen LogP contribution is 2.42. The van der Waals surface area contributed by atoms with Crippen molar-refractivity contribution in [3.63, 3.8) is 0 Å². The number of halogens is 1. The average molecular weight is 497 g/mol. The largest absolute Gasteiger partial charge is 0.495 e. The van der Waals surface area contributed by atoms with E-state index in [4.69, 9.17) is 21.1 Å². The Labute approximate surface area is 215 Å². The molecule has 0 spiro atoms. The number of benzene rings is 2. The van der Waals surface area contributed by atoms with E-state index in [1.807, 2.05) is 18.2 Å². The number of quaternary nitrogens is 1. The van der Waals surface area contributed by atoms with Crippen molar-refractivity contribution in [3.05, 3.63) is 64.7 Å². The van der Waals surface area contributed by atoms with E-state index in [2.05, 4.69) is 30.3 Å². The fourth-order valence-corrected chi connectivity index (χ4v) is 7.13. The molecule has 3 heterocycles. The van der Waals surface area contributed by atoms with E-state index >= 15 is 0 Å². The molecular formula is C30H39ClNO3+. The Morgan fingerprint density at radius 1 is 1.03 bits per heavy atom. The van der Waals surface area contributed by atoms with Gasteiger partial charge in [-0.25, -0.2) is 0 Å². The summed E-state index contributed by atoms with van der Waals surface area (Å²) in [6.45, 7) is 4.39. The van der Waals surface area contributed by atoms with E-state index in [9.17, 15) is 4.79 Å². The average Bonchev–Trinajstić information content (AvgIpc) is 3.16. The molecule has 4 nitrogen and oxygen atoms in total. The van der Waals surface area contributed by atoms with Crippen molar-refractivity contribution < 1.29 is 18.8 Å². The maximum Gasteiger partial charge on any atom is 0.317 e. The molecule has 0 N–H and O–H groups in total. The second kappa shape index (κ2) is 10.5. The molecule has 0 radical (unpaired) electrons. The number of fused-ring (bicyclic) bond motifs is 3. The SMILES string of the molecule is COc1ccc(CC[N+]23CCC(CC2)[C@@H](OC(=O)C2(c4ccccc4)CCCCCC2)C3)cc1Cl. The maximum atomic E-state index is 13.9. The van der Waals surface area contributed by atoms with Crippen LogP contribution < -0.4 is 4.74 Å². The molecular weight excluding hydrogens is 458 g/mol. The maximum absolute atomic E-state index is 13.9. The van der Waals surface area contributed by atoms with Gasteiger partial charge in [0, 0.05) is 25.2 Å². The lowest BCUT2D eigenvalue weighted by atomic mass is 9.74. The first-order valence-electron chi connectivity index (χ1n) is 13.5. The fourth-order valence-electron chi connectivity index (χ4n) is 6.85. The highest BCUT2D eigenvalue weighted by molar-refractivity contribution is 6.32. The minimum absolute atomic E-state index is 0.0319. The Hall–Kier alpha value is -2.04. The lowest BCUT2D eigenvalue weighted by Crippen LogP contribution is -2.65. The van der Waals surface area contributed by atoms with Crippen LogP contribution in [0, 0.1) is 5.92 Å². The third-order valence-electron chi connectivity index (χ3n) is 9.07. The van der Waals surface area contributed by atoms with Crippen LogP contribution in [0.25, 0.3) is 0 Å². The fraction of sp³-hybridized carbons (Fsp3) is 0.567. The first-order valence-corrected chi connectivity index (χ1v) is 13.9. The molecule has 35 heavy (non-hydrogen) atoms. The zero-order valence-corrected chi connectivity index (χ0v) is 21.8. The van der Waals surface area contributed by atoms with Crippen LogP contribution in [0.5, 0.6) is 5.75 Å². The van der Waals surface area contributed by atoms with Gasteiger partial charge in [0.05, 0.1) is 37.2 Å². The highest BCUT2D eigenvalue weighted by atomic mass is 35.5. The predicted molar refractivity (Wildman–Crippen MR) is 140 cm³/mol. The van der Waals surface area contributed by atoms with Gasteiger partial charge in [-0.1, -0.05) is 73.7 Å². The number of ether oxygens (including phenoxy) is 2. The van der Waals surface area contributed by atoms with Crippen molar-refractivity contribution >= 4 is 17.6 Å². The molecule has 0 unspecified atom stereocenters. The van der Waals surface area contributed by atoms with Crippen molar-refractivity contribution in [2.24, 2.45) is 5.92 Å². The van der Waals surface area contributed by atoms with E-state index in [0.29, 0.717) is 10.9 Å². The Morgan fingerprint density at radius 3 is 2.40 bits per heavy atom. The number of methoxy groups -OCH3 is 1.